The highest BCUT2D eigenvalue weighted by Crippen LogP contribution is 2.22. The second-order valence-electron chi connectivity index (χ2n) is 3.51. The van der Waals surface area contributed by atoms with E-state index in [1.165, 1.54) is 18.6 Å². The first-order valence-corrected chi connectivity index (χ1v) is 4.96. The number of nitriles is 1. The van der Waals surface area contributed by atoms with Crippen molar-refractivity contribution in [1.29, 1.82) is 5.26 Å². The summed E-state index contributed by atoms with van der Waals surface area (Å²) in [6, 6.07) is 9.68. The predicted molar refractivity (Wildman–Crippen MR) is 56.7 cm³/mol. The molecule has 14 heavy (non-hydrogen) atoms. The van der Waals surface area contributed by atoms with E-state index in [0.717, 1.165) is 18.5 Å². The highest BCUT2D eigenvalue weighted by Gasteiger charge is 2.08. The predicted octanol–water partition coefficient (Wildman–Crippen LogP) is 3.20. The molecule has 0 N–H and O–H groups in total. The normalized spacial score (nSPS) is 15.2. The second kappa shape index (κ2) is 4.06. The molecule has 0 heterocycles. The molecular weight excluding hydrogens is 172 g/mol. The Hall–Kier alpha value is -1.62. The number of rotatable bonds is 1. The van der Waals surface area contributed by atoms with E-state index in [1.807, 2.05) is 24.3 Å². The van der Waals surface area contributed by atoms with E-state index >= 15 is 0 Å². The van der Waals surface area contributed by atoms with Gasteiger partial charge in [0.1, 0.15) is 6.07 Å². The molecular formula is C12H12N2. The minimum absolute atomic E-state index is 0.673. The Kier molecular flexibility index (Phi) is 2.60. The number of aliphatic imine (C=N–C) groups is 1. The number of benzene rings is 1. The van der Waals surface area contributed by atoms with Crippen LogP contribution < -0.4 is 0 Å². The largest absolute Gasteiger partial charge is 0.256 e. The zero-order valence-electron chi connectivity index (χ0n) is 8.03. The van der Waals surface area contributed by atoms with Gasteiger partial charge in [-0.2, -0.15) is 5.26 Å². The van der Waals surface area contributed by atoms with Crippen molar-refractivity contribution >= 4 is 11.4 Å². The molecule has 0 aromatic heterocycles. The fourth-order valence-electron chi connectivity index (χ4n) is 1.73. The lowest BCUT2D eigenvalue weighted by molar-refractivity contribution is 0.886. The molecule has 2 rings (SSSR count). The van der Waals surface area contributed by atoms with E-state index in [-0.39, 0.29) is 0 Å². The summed E-state index contributed by atoms with van der Waals surface area (Å²) in [5.41, 5.74) is 2.74. The molecule has 1 aliphatic carbocycles. The molecule has 0 saturated heterocycles. The molecule has 1 fully saturated rings. The van der Waals surface area contributed by atoms with Crippen LogP contribution in [0.15, 0.2) is 29.3 Å². The molecule has 0 aliphatic heterocycles. The second-order valence-corrected chi connectivity index (χ2v) is 3.51. The first kappa shape index (κ1) is 8.96. The zero-order chi connectivity index (χ0) is 9.80. The van der Waals surface area contributed by atoms with E-state index in [4.69, 9.17) is 5.26 Å². The molecule has 0 amide bonds. The summed E-state index contributed by atoms with van der Waals surface area (Å²) in [5, 5.41) is 8.87. The topological polar surface area (TPSA) is 36.1 Å². The third-order valence-corrected chi connectivity index (χ3v) is 2.48. The Labute approximate surface area is 83.9 Å². The van der Waals surface area contributed by atoms with Crippen molar-refractivity contribution in [1.82, 2.24) is 0 Å². The van der Waals surface area contributed by atoms with Gasteiger partial charge in [0.2, 0.25) is 0 Å². The number of nitrogens with zero attached hydrogens (tertiary/aromatic N) is 2. The van der Waals surface area contributed by atoms with Crippen LogP contribution in [-0.4, -0.2) is 5.71 Å². The molecule has 2 heteroatoms. The Morgan fingerprint density at radius 3 is 2.57 bits per heavy atom. The van der Waals surface area contributed by atoms with Gasteiger partial charge >= 0.3 is 0 Å². The molecule has 1 saturated carbocycles. The summed E-state index contributed by atoms with van der Waals surface area (Å²) in [6.07, 6.45) is 4.68. The van der Waals surface area contributed by atoms with E-state index in [2.05, 4.69) is 11.1 Å². The maximum Gasteiger partial charge on any atom is 0.101 e. The van der Waals surface area contributed by atoms with Crippen LogP contribution in [0.5, 0.6) is 0 Å². The summed E-state index contributed by atoms with van der Waals surface area (Å²) < 4.78 is 0. The smallest absolute Gasteiger partial charge is 0.101 e. The van der Waals surface area contributed by atoms with Crippen molar-refractivity contribution in [2.45, 2.75) is 25.7 Å². The first-order chi connectivity index (χ1) is 6.90. The average Bonchev–Trinajstić information content (AvgIpc) is 2.71. The lowest BCUT2D eigenvalue weighted by Crippen LogP contribution is -1.87. The van der Waals surface area contributed by atoms with E-state index < -0.39 is 0 Å². The lowest BCUT2D eigenvalue weighted by atomic mass is 10.2. The highest BCUT2D eigenvalue weighted by molar-refractivity contribution is 5.88. The quantitative estimate of drug-likeness (QED) is 0.660. The third-order valence-electron chi connectivity index (χ3n) is 2.48. The Morgan fingerprint density at radius 2 is 1.86 bits per heavy atom. The number of hydrogen-bond acceptors (Lipinski definition) is 2. The Balaban J connectivity index is 2.32. The molecule has 1 aromatic rings. The summed E-state index contributed by atoms with van der Waals surface area (Å²) in [4.78, 5) is 4.52. The van der Waals surface area contributed by atoms with Gasteiger partial charge in [0.15, 0.2) is 0 Å². The van der Waals surface area contributed by atoms with Crippen LogP contribution in [0.2, 0.25) is 0 Å². The van der Waals surface area contributed by atoms with Crippen LogP contribution in [0.3, 0.4) is 0 Å². The van der Waals surface area contributed by atoms with Crippen molar-refractivity contribution in [3.8, 4) is 6.07 Å². The fraction of sp³-hybridized carbons (Fsp3) is 0.333. The van der Waals surface area contributed by atoms with Crippen LogP contribution in [0.25, 0.3) is 0 Å². The van der Waals surface area contributed by atoms with Gasteiger partial charge in [-0.3, -0.25) is 4.99 Å². The maximum atomic E-state index is 8.87. The van der Waals surface area contributed by atoms with E-state index in [0.29, 0.717) is 5.56 Å². The van der Waals surface area contributed by atoms with Crippen molar-refractivity contribution in [3.63, 3.8) is 0 Å². The monoisotopic (exact) mass is 184 g/mol. The van der Waals surface area contributed by atoms with Crippen molar-refractivity contribution in [3.05, 3.63) is 29.8 Å². The SMILES string of the molecule is N#Cc1ccccc1N=C1CCCC1. The summed E-state index contributed by atoms with van der Waals surface area (Å²) in [7, 11) is 0. The molecule has 0 bridgehead atoms. The van der Waals surface area contributed by atoms with Gasteiger partial charge in [-0.25, -0.2) is 0 Å². The van der Waals surface area contributed by atoms with Crippen LogP contribution in [0.1, 0.15) is 31.2 Å². The van der Waals surface area contributed by atoms with Crippen LogP contribution in [-0.2, 0) is 0 Å². The highest BCUT2D eigenvalue weighted by atomic mass is 14.8. The van der Waals surface area contributed by atoms with E-state index in [9.17, 15) is 0 Å². The number of para-hydroxylation sites is 1. The molecule has 0 unspecified atom stereocenters. The molecule has 0 radical (unpaired) electrons. The Bertz CT molecular complexity index is 391. The minimum atomic E-state index is 0.673. The third kappa shape index (κ3) is 1.82. The maximum absolute atomic E-state index is 8.87. The molecule has 0 spiro atoms. The summed E-state index contributed by atoms with van der Waals surface area (Å²) in [5.74, 6) is 0. The van der Waals surface area contributed by atoms with Gasteiger partial charge < -0.3 is 0 Å². The summed E-state index contributed by atoms with van der Waals surface area (Å²) in [6.45, 7) is 0. The number of hydrogen-bond donors (Lipinski definition) is 0. The van der Waals surface area contributed by atoms with Crippen molar-refractivity contribution in [2.75, 3.05) is 0 Å². The van der Waals surface area contributed by atoms with Crippen LogP contribution in [0, 0.1) is 11.3 Å². The lowest BCUT2D eigenvalue weighted by Gasteiger charge is -1.98. The molecule has 1 aromatic carbocycles. The molecule has 70 valence electrons. The summed E-state index contributed by atoms with van der Waals surface area (Å²) >= 11 is 0. The standard InChI is InChI=1S/C12H12N2/c13-9-10-5-1-4-8-12(10)14-11-6-2-3-7-11/h1,4-5,8H,2-3,6-7H2. The van der Waals surface area contributed by atoms with Crippen molar-refractivity contribution in [2.24, 2.45) is 4.99 Å². The molecule has 0 atom stereocenters. The van der Waals surface area contributed by atoms with Crippen LogP contribution in [0.4, 0.5) is 5.69 Å². The van der Waals surface area contributed by atoms with Gasteiger partial charge in [-0.05, 0) is 37.8 Å². The van der Waals surface area contributed by atoms with Gasteiger partial charge in [-0.15, -0.1) is 0 Å². The zero-order valence-corrected chi connectivity index (χ0v) is 8.03. The Morgan fingerprint density at radius 1 is 1.14 bits per heavy atom. The van der Waals surface area contributed by atoms with Crippen molar-refractivity contribution < 1.29 is 0 Å². The van der Waals surface area contributed by atoms with Gasteiger partial charge in [0.25, 0.3) is 0 Å². The molecule has 2 nitrogen and oxygen atoms in total. The fourth-order valence-corrected chi connectivity index (χ4v) is 1.73. The van der Waals surface area contributed by atoms with Gasteiger partial charge in [0, 0.05) is 5.71 Å². The van der Waals surface area contributed by atoms with E-state index in [1.54, 1.807) is 0 Å². The van der Waals surface area contributed by atoms with Gasteiger partial charge in [-0.1, -0.05) is 12.1 Å². The van der Waals surface area contributed by atoms with Crippen LogP contribution >= 0.6 is 0 Å². The van der Waals surface area contributed by atoms with Gasteiger partial charge in [0.05, 0.1) is 11.3 Å². The molecule has 1 aliphatic rings. The first-order valence-electron chi connectivity index (χ1n) is 4.96. The minimum Gasteiger partial charge on any atom is -0.256 e. The average molecular weight is 184 g/mol.